The van der Waals surface area contributed by atoms with Crippen molar-refractivity contribution in [3.63, 3.8) is 0 Å². The van der Waals surface area contributed by atoms with E-state index in [1.165, 1.54) is 5.56 Å². The van der Waals surface area contributed by atoms with Crippen LogP contribution in [-0.2, 0) is 6.54 Å². The summed E-state index contributed by atoms with van der Waals surface area (Å²) in [4.78, 5) is 4.81. The van der Waals surface area contributed by atoms with Gasteiger partial charge in [-0.05, 0) is 55.8 Å². The lowest BCUT2D eigenvalue weighted by atomic mass is 10.1. The SMILES string of the molecule is CCCNCc1nc2ccccc2n1-c1ccc(OC)cc1C. The highest BCUT2D eigenvalue weighted by molar-refractivity contribution is 5.78. The van der Waals surface area contributed by atoms with Gasteiger partial charge in [-0.2, -0.15) is 0 Å². The van der Waals surface area contributed by atoms with Crippen molar-refractivity contribution >= 4 is 11.0 Å². The number of methoxy groups -OCH3 is 1. The van der Waals surface area contributed by atoms with Crippen molar-refractivity contribution in [3.8, 4) is 11.4 Å². The predicted molar refractivity (Wildman–Crippen MR) is 94.4 cm³/mol. The number of aromatic nitrogens is 2. The van der Waals surface area contributed by atoms with Crippen LogP contribution in [-0.4, -0.2) is 23.2 Å². The number of hydrogen-bond acceptors (Lipinski definition) is 3. The highest BCUT2D eigenvalue weighted by atomic mass is 16.5. The Morgan fingerprint density at radius 1 is 1.17 bits per heavy atom. The van der Waals surface area contributed by atoms with Gasteiger partial charge in [0.25, 0.3) is 0 Å². The van der Waals surface area contributed by atoms with E-state index in [1.807, 2.05) is 12.1 Å². The first-order valence-corrected chi connectivity index (χ1v) is 8.06. The summed E-state index contributed by atoms with van der Waals surface area (Å²) in [6.07, 6.45) is 1.11. The van der Waals surface area contributed by atoms with Gasteiger partial charge in [-0.1, -0.05) is 19.1 Å². The van der Waals surface area contributed by atoms with Gasteiger partial charge in [-0.15, -0.1) is 0 Å². The lowest BCUT2D eigenvalue weighted by Gasteiger charge is -2.13. The monoisotopic (exact) mass is 309 g/mol. The van der Waals surface area contributed by atoms with Gasteiger partial charge in [0.1, 0.15) is 11.6 Å². The molecule has 0 amide bonds. The molecule has 0 spiro atoms. The maximum Gasteiger partial charge on any atom is 0.128 e. The average molecular weight is 309 g/mol. The summed E-state index contributed by atoms with van der Waals surface area (Å²) in [5, 5.41) is 3.46. The van der Waals surface area contributed by atoms with Gasteiger partial charge in [0.2, 0.25) is 0 Å². The maximum atomic E-state index is 5.33. The van der Waals surface area contributed by atoms with Crippen molar-refractivity contribution in [2.24, 2.45) is 0 Å². The lowest BCUT2D eigenvalue weighted by Crippen LogP contribution is -2.17. The first kappa shape index (κ1) is 15.6. The number of para-hydroxylation sites is 2. The Hall–Kier alpha value is -2.33. The average Bonchev–Trinajstić information content (AvgIpc) is 2.93. The van der Waals surface area contributed by atoms with Crippen molar-refractivity contribution in [1.82, 2.24) is 14.9 Å². The van der Waals surface area contributed by atoms with Crippen molar-refractivity contribution in [1.29, 1.82) is 0 Å². The summed E-state index contributed by atoms with van der Waals surface area (Å²) in [6, 6.07) is 14.4. The van der Waals surface area contributed by atoms with Crippen LogP contribution in [0.25, 0.3) is 16.7 Å². The third-order valence-electron chi connectivity index (χ3n) is 3.99. The Labute approximate surface area is 137 Å². The van der Waals surface area contributed by atoms with Crippen LogP contribution in [0.5, 0.6) is 5.75 Å². The Bertz CT molecular complexity index is 807. The Balaban J connectivity index is 2.12. The summed E-state index contributed by atoms with van der Waals surface area (Å²) >= 11 is 0. The minimum atomic E-state index is 0.758. The number of fused-ring (bicyclic) bond motifs is 1. The Morgan fingerprint density at radius 3 is 2.74 bits per heavy atom. The molecule has 0 fully saturated rings. The molecule has 0 aliphatic carbocycles. The lowest BCUT2D eigenvalue weighted by molar-refractivity contribution is 0.414. The summed E-state index contributed by atoms with van der Waals surface area (Å²) in [5.41, 5.74) is 4.47. The number of hydrogen-bond donors (Lipinski definition) is 1. The second kappa shape index (κ2) is 6.84. The van der Waals surface area contributed by atoms with Gasteiger partial charge in [-0.3, -0.25) is 4.57 Å². The highest BCUT2D eigenvalue weighted by Gasteiger charge is 2.13. The van der Waals surface area contributed by atoms with E-state index in [9.17, 15) is 0 Å². The molecule has 4 heteroatoms. The summed E-state index contributed by atoms with van der Waals surface area (Å²) < 4.78 is 7.57. The molecular formula is C19H23N3O. The first-order chi connectivity index (χ1) is 11.2. The zero-order valence-electron chi connectivity index (χ0n) is 14.0. The van der Waals surface area contributed by atoms with E-state index >= 15 is 0 Å². The molecule has 0 saturated heterocycles. The fourth-order valence-corrected chi connectivity index (χ4v) is 2.85. The van der Waals surface area contributed by atoms with E-state index in [-0.39, 0.29) is 0 Å². The molecule has 4 nitrogen and oxygen atoms in total. The topological polar surface area (TPSA) is 39.1 Å². The van der Waals surface area contributed by atoms with Crippen LogP contribution in [0.1, 0.15) is 24.7 Å². The van der Waals surface area contributed by atoms with Gasteiger partial charge in [0, 0.05) is 0 Å². The third kappa shape index (κ3) is 3.08. The van der Waals surface area contributed by atoms with Crippen molar-refractivity contribution in [3.05, 3.63) is 53.9 Å². The fraction of sp³-hybridized carbons (Fsp3) is 0.316. The maximum absolute atomic E-state index is 5.33. The number of benzene rings is 2. The molecule has 0 atom stereocenters. The minimum Gasteiger partial charge on any atom is -0.497 e. The molecule has 0 aliphatic rings. The normalized spacial score (nSPS) is 11.1. The number of imidazole rings is 1. The fourth-order valence-electron chi connectivity index (χ4n) is 2.85. The van der Waals surface area contributed by atoms with Crippen LogP contribution >= 0.6 is 0 Å². The second-order valence-corrected chi connectivity index (χ2v) is 5.68. The molecule has 120 valence electrons. The van der Waals surface area contributed by atoms with Crippen molar-refractivity contribution in [2.45, 2.75) is 26.8 Å². The molecule has 0 bridgehead atoms. The molecule has 1 heterocycles. The summed E-state index contributed by atoms with van der Waals surface area (Å²) in [6.45, 7) is 6.03. The zero-order chi connectivity index (χ0) is 16.2. The minimum absolute atomic E-state index is 0.758. The second-order valence-electron chi connectivity index (χ2n) is 5.68. The van der Waals surface area contributed by atoms with Gasteiger partial charge in [0.15, 0.2) is 0 Å². The smallest absolute Gasteiger partial charge is 0.128 e. The third-order valence-corrected chi connectivity index (χ3v) is 3.99. The molecular weight excluding hydrogens is 286 g/mol. The molecule has 0 saturated carbocycles. The number of aryl methyl sites for hydroxylation is 1. The molecule has 0 unspecified atom stereocenters. The van der Waals surface area contributed by atoms with Crippen LogP contribution in [0.3, 0.4) is 0 Å². The van der Waals surface area contributed by atoms with E-state index in [4.69, 9.17) is 9.72 Å². The first-order valence-electron chi connectivity index (χ1n) is 8.06. The van der Waals surface area contributed by atoms with E-state index in [2.05, 4.69) is 54.1 Å². The van der Waals surface area contributed by atoms with Crippen LogP contribution in [0.2, 0.25) is 0 Å². The molecule has 2 aromatic carbocycles. The molecule has 0 aliphatic heterocycles. The van der Waals surface area contributed by atoms with Gasteiger partial charge >= 0.3 is 0 Å². The molecule has 0 radical (unpaired) electrons. The van der Waals surface area contributed by atoms with E-state index in [1.54, 1.807) is 7.11 Å². The van der Waals surface area contributed by atoms with Crippen molar-refractivity contribution in [2.75, 3.05) is 13.7 Å². The summed E-state index contributed by atoms with van der Waals surface area (Å²) in [5.74, 6) is 1.91. The Kier molecular flexibility index (Phi) is 4.63. The van der Waals surface area contributed by atoms with Crippen LogP contribution in [0, 0.1) is 6.92 Å². The molecule has 3 aromatic rings. The number of nitrogens with zero attached hydrogens (tertiary/aromatic N) is 2. The molecule has 3 rings (SSSR count). The number of ether oxygens (including phenoxy) is 1. The van der Waals surface area contributed by atoms with E-state index in [0.29, 0.717) is 0 Å². The molecule has 1 N–H and O–H groups in total. The summed E-state index contributed by atoms with van der Waals surface area (Å²) in [7, 11) is 1.70. The zero-order valence-corrected chi connectivity index (χ0v) is 14.0. The largest absolute Gasteiger partial charge is 0.497 e. The van der Waals surface area contributed by atoms with Gasteiger partial charge < -0.3 is 10.1 Å². The van der Waals surface area contributed by atoms with Crippen molar-refractivity contribution < 1.29 is 4.74 Å². The van der Waals surface area contributed by atoms with Crippen LogP contribution < -0.4 is 10.1 Å². The van der Waals surface area contributed by atoms with E-state index in [0.717, 1.165) is 47.8 Å². The predicted octanol–water partition coefficient (Wildman–Crippen LogP) is 3.84. The molecule has 23 heavy (non-hydrogen) atoms. The van der Waals surface area contributed by atoms with E-state index < -0.39 is 0 Å². The van der Waals surface area contributed by atoms with Crippen LogP contribution in [0.15, 0.2) is 42.5 Å². The standard InChI is InChI=1S/C19H23N3O/c1-4-11-20-13-19-21-16-7-5-6-8-18(16)22(19)17-10-9-15(23-3)12-14(17)2/h5-10,12,20H,4,11,13H2,1-3H3. The Morgan fingerprint density at radius 2 is 2.00 bits per heavy atom. The highest BCUT2D eigenvalue weighted by Crippen LogP contribution is 2.26. The number of nitrogens with one attached hydrogen (secondary N) is 1. The van der Waals surface area contributed by atoms with Gasteiger partial charge in [0.05, 0.1) is 30.4 Å². The molecule has 1 aromatic heterocycles. The van der Waals surface area contributed by atoms with Crippen LogP contribution in [0.4, 0.5) is 0 Å². The van der Waals surface area contributed by atoms with Gasteiger partial charge in [-0.25, -0.2) is 4.98 Å². The number of rotatable bonds is 6. The quantitative estimate of drug-likeness (QED) is 0.703.